The molecule has 2 aromatic heterocycles. The molecule has 0 saturated heterocycles. The Labute approximate surface area is 139 Å². The van der Waals surface area contributed by atoms with Crippen LogP contribution in [0.4, 0.5) is 0 Å². The largest absolute Gasteiger partial charge is 0.465 e. The highest BCUT2D eigenvalue weighted by Crippen LogP contribution is 2.29. The number of benzene rings is 1. The molecule has 0 unspecified atom stereocenters. The van der Waals surface area contributed by atoms with Gasteiger partial charge in [0.25, 0.3) is 0 Å². The fourth-order valence-corrected chi connectivity index (χ4v) is 3.14. The second kappa shape index (κ2) is 5.56. The predicted octanol–water partition coefficient (Wildman–Crippen LogP) is 2.52. The lowest BCUT2D eigenvalue weighted by Gasteiger charge is -2.19. The number of carbonyl (C=O) groups is 1. The SMILES string of the molecule is COC(=O)c1cncc(-c2ccc3c(c2)CCc2nnc(C)n2-3)c1. The number of pyridine rings is 1. The average Bonchev–Trinajstić information content (AvgIpc) is 3.02. The highest BCUT2D eigenvalue weighted by molar-refractivity contribution is 5.90. The van der Waals surface area contributed by atoms with E-state index in [4.69, 9.17) is 4.74 Å². The molecular weight excluding hydrogens is 304 g/mol. The molecule has 0 spiro atoms. The van der Waals surface area contributed by atoms with Crippen molar-refractivity contribution in [1.82, 2.24) is 19.7 Å². The van der Waals surface area contributed by atoms with Gasteiger partial charge in [0, 0.05) is 24.4 Å². The summed E-state index contributed by atoms with van der Waals surface area (Å²) in [5, 5.41) is 8.40. The van der Waals surface area contributed by atoms with Crippen molar-refractivity contribution in [3.8, 4) is 16.8 Å². The molecule has 4 rings (SSSR count). The summed E-state index contributed by atoms with van der Waals surface area (Å²) in [7, 11) is 1.37. The van der Waals surface area contributed by atoms with Gasteiger partial charge in [0.1, 0.15) is 11.6 Å². The summed E-state index contributed by atoms with van der Waals surface area (Å²) in [6.45, 7) is 1.96. The standard InChI is InChI=1S/C18H16N4O2/c1-11-20-21-17-6-4-13-7-12(3-5-16(13)22(11)17)14-8-15(10-19-9-14)18(23)24-2/h3,5,7-10H,4,6H2,1-2H3. The van der Waals surface area contributed by atoms with Crippen molar-refractivity contribution in [2.45, 2.75) is 19.8 Å². The molecule has 1 aromatic carbocycles. The van der Waals surface area contributed by atoms with Crippen LogP contribution in [-0.2, 0) is 17.6 Å². The number of esters is 1. The molecule has 0 saturated carbocycles. The molecule has 0 aliphatic carbocycles. The van der Waals surface area contributed by atoms with Gasteiger partial charge in [-0.15, -0.1) is 10.2 Å². The van der Waals surface area contributed by atoms with Crippen LogP contribution in [-0.4, -0.2) is 32.8 Å². The van der Waals surface area contributed by atoms with Gasteiger partial charge in [0.05, 0.1) is 18.4 Å². The minimum Gasteiger partial charge on any atom is -0.465 e. The Hall–Kier alpha value is -3.02. The van der Waals surface area contributed by atoms with E-state index in [1.165, 1.54) is 18.9 Å². The molecular formula is C18H16N4O2. The molecule has 24 heavy (non-hydrogen) atoms. The molecule has 1 aliphatic rings. The Morgan fingerprint density at radius 1 is 1.12 bits per heavy atom. The van der Waals surface area contributed by atoms with E-state index in [0.29, 0.717) is 5.56 Å². The number of rotatable bonds is 2. The number of fused-ring (bicyclic) bond motifs is 3. The highest BCUT2D eigenvalue weighted by atomic mass is 16.5. The maximum absolute atomic E-state index is 11.7. The monoisotopic (exact) mass is 320 g/mol. The van der Waals surface area contributed by atoms with Crippen LogP contribution < -0.4 is 0 Å². The van der Waals surface area contributed by atoms with Crippen LogP contribution in [0, 0.1) is 6.92 Å². The van der Waals surface area contributed by atoms with Crippen molar-refractivity contribution >= 4 is 5.97 Å². The van der Waals surface area contributed by atoms with Crippen LogP contribution in [0.25, 0.3) is 16.8 Å². The summed E-state index contributed by atoms with van der Waals surface area (Å²) >= 11 is 0. The van der Waals surface area contributed by atoms with E-state index >= 15 is 0 Å². The van der Waals surface area contributed by atoms with E-state index in [2.05, 4.69) is 31.9 Å². The van der Waals surface area contributed by atoms with Crippen molar-refractivity contribution in [2.24, 2.45) is 0 Å². The van der Waals surface area contributed by atoms with Crippen LogP contribution in [0.1, 0.15) is 27.6 Å². The molecule has 0 bridgehead atoms. The molecule has 1 aliphatic heterocycles. The van der Waals surface area contributed by atoms with Crippen molar-refractivity contribution < 1.29 is 9.53 Å². The Kier molecular flexibility index (Phi) is 3.37. The second-order valence-electron chi connectivity index (χ2n) is 5.80. The molecule has 6 nitrogen and oxygen atoms in total. The quantitative estimate of drug-likeness (QED) is 0.679. The van der Waals surface area contributed by atoms with Gasteiger partial charge in [-0.2, -0.15) is 0 Å². The zero-order valence-corrected chi connectivity index (χ0v) is 13.5. The van der Waals surface area contributed by atoms with E-state index in [-0.39, 0.29) is 5.97 Å². The lowest BCUT2D eigenvalue weighted by molar-refractivity contribution is 0.0600. The molecule has 0 atom stereocenters. The first-order valence-electron chi connectivity index (χ1n) is 7.75. The zero-order valence-electron chi connectivity index (χ0n) is 13.5. The first kappa shape index (κ1) is 14.6. The first-order chi connectivity index (χ1) is 11.7. The maximum Gasteiger partial charge on any atom is 0.339 e. The van der Waals surface area contributed by atoms with E-state index in [9.17, 15) is 4.79 Å². The van der Waals surface area contributed by atoms with Gasteiger partial charge in [0.15, 0.2) is 0 Å². The topological polar surface area (TPSA) is 69.9 Å². The Bertz CT molecular complexity index is 946. The van der Waals surface area contributed by atoms with Crippen LogP contribution in [0.15, 0.2) is 36.7 Å². The van der Waals surface area contributed by atoms with Crippen LogP contribution in [0.2, 0.25) is 0 Å². The molecule has 3 heterocycles. The summed E-state index contributed by atoms with van der Waals surface area (Å²) in [5.74, 6) is 1.52. The number of methoxy groups -OCH3 is 1. The molecule has 0 N–H and O–H groups in total. The third-order valence-electron chi connectivity index (χ3n) is 4.32. The van der Waals surface area contributed by atoms with Crippen molar-refractivity contribution in [3.63, 3.8) is 0 Å². The van der Waals surface area contributed by atoms with Crippen LogP contribution >= 0.6 is 0 Å². The van der Waals surface area contributed by atoms with Gasteiger partial charge < -0.3 is 4.74 Å². The predicted molar refractivity (Wildman–Crippen MR) is 88.1 cm³/mol. The minimum absolute atomic E-state index is 0.382. The molecule has 0 fully saturated rings. The minimum atomic E-state index is -0.382. The maximum atomic E-state index is 11.7. The van der Waals surface area contributed by atoms with Crippen molar-refractivity contribution in [3.05, 3.63) is 59.4 Å². The number of nitrogens with zero attached hydrogens (tertiary/aromatic N) is 4. The van der Waals surface area contributed by atoms with Crippen LogP contribution in [0.3, 0.4) is 0 Å². The number of aryl methyl sites for hydroxylation is 3. The van der Waals surface area contributed by atoms with E-state index in [1.807, 2.05) is 13.0 Å². The van der Waals surface area contributed by atoms with Gasteiger partial charge in [-0.3, -0.25) is 9.55 Å². The smallest absolute Gasteiger partial charge is 0.339 e. The summed E-state index contributed by atoms with van der Waals surface area (Å²) in [6, 6.07) is 8.06. The number of aromatic nitrogens is 4. The second-order valence-corrected chi connectivity index (χ2v) is 5.80. The van der Waals surface area contributed by atoms with E-state index in [1.54, 1.807) is 12.3 Å². The van der Waals surface area contributed by atoms with E-state index < -0.39 is 0 Å². The molecule has 0 amide bonds. The Balaban J connectivity index is 1.78. The van der Waals surface area contributed by atoms with Crippen LogP contribution in [0.5, 0.6) is 0 Å². The third kappa shape index (κ3) is 2.27. The van der Waals surface area contributed by atoms with Crippen molar-refractivity contribution in [2.75, 3.05) is 7.11 Å². The van der Waals surface area contributed by atoms with Gasteiger partial charge in [-0.05, 0) is 42.7 Å². The van der Waals surface area contributed by atoms with Gasteiger partial charge >= 0.3 is 5.97 Å². The van der Waals surface area contributed by atoms with Gasteiger partial charge in [-0.1, -0.05) is 6.07 Å². The summed E-state index contributed by atoms with van der Waals surface area (Å²) in [4.78, 5) is 15.9. The number of hydrogen-bond donors (Lipinski definition) is 0. The fraction of sp³-hybridized carbons (Fsp3) is 0.222. The Morgan fingerprint density at radius 2 is 2.00 bits per heavy atom. The first-order valence-corrected chi connectivity index (χ1v) is 7.75. The number of hydrogen-bond acceptors (Lipinski definition) is 5. The Morgan fingerprint density at radius 3 is 2.83 bits per heavy atom. The van der Waals surface area contributed by atoms with E-state index in [0.717, 1.165) is 41.3 Å². The summed E-state index contributed by atoms with van der Waals surface area (Å²) < 4.78 is 6.87. The van der Waals surface area contributed by atoms with Gasteiger partial charge in [0.2, 0.25) is 0 Å². The number of ether oxygens (including phenoxy) is 1. The fourth-order valence-electron chi connectivity index (χ4n) is 3.14. The molecule has 6 heteroatoms. The van der Waals surface area contributed by atoms with Gasteiger partial charge in [-0.25, -0.2) is 4.79 Å². The summed E-state index contributed by atoms with van der Waals surface area (Å²) in [6.07, 6.45) is 5.07. The van der Waals surface area contributed by atoms with Crippen molar-refractivity contribution in [1.29, 1.82) is 0 Å². The molecule has 0 radical (unpaired) electrons. The molecule has 120 valence electrons. The lowest BCUT2D eigenvalue weighted by atomic mass is 9.97. The summed E-state index contributed by atoms with van der Waals surface area (Å²) in [5.41, 5.74) is 4.74. The lowest BCUT2D eigenvalue weighted by Crippen LogP contribution is -2.13. The number of carbonyl (C=O) groups excluding carboxylic acids is 1. The average molecular weight is 320 g/mol. The highest BCUT2D eigenvalue weighted by Gasteiger charge is 2.20. The molecule has 3 aromatic rings. The third-order valence-corrected chi connectivity index (χ3v) is 4.32. The normalized spacial score (nSPS) is 12.4. The zero-order chi connectivity index (χ0) is 16.7.